The van der Waals surface area contributed by atoms with Gasteiger partial charge in [0.1, 0.15) is 23.1 Å². The molecule has 2 aromatic rings. The van der Waals surface area contributed by atoms with Crippen molar-refractivity contribution in [3.8, 4) is 0 Å². The lowest BCUT2D eigenvalue weighted by atomic mass is 10.3. The summed E-state index contributed by atoms with van der Waals surface area (Å²) in [7, 11) is -3.93. The number of morpholine rings is 1. The van der Waals surface area contributed by atoms with Crippen molar-refractivity contribution in [2.24, 2.45) is 0 Å². The normalized spacial score (nSPS) is 15.4. The number of hydrogen-bond donors (Lipinski definition) is 0. The molecule has 0 atom stereocenters. The van der Waals surface area contributed by atoms with Gasteiger partial charge < -0.3 is 9.46 Å². The monoisotopic (exact) mass is 401 g/mol. The molecule has 1 aromatic heterocycles. The van der Waals surface area contributed by atoms with Gasteiger partial charge in [-0.3, -0.25) is 4.90 Å². The molecule has 134 valence electrons. The Morgan fingerprint density at radius 1 is 1.12 bits per heavy atom. The predicted octanol–water partition coefficient (Wildman–Crippen LogP) is 2.91. The van der Waals surface area contributed by atoms with Gasteiger partial charge >= 0.3 is 0 Å². The fourth-order valence-electron chi connectivity index (χ4n) is 2.50. The van der Waals surface area contributed by atoms with Gasteiger partial charge in [0, 0.05) is 6.07 Å². The quantitative estimate of drug-likeness (QED) is 0.771. The van der Waals surface area contributed by atoms with Crippen LogP contribution in [0.3, 0.4) is 0 Å². The van der Waals surface area contributed by atoms with Gasteiger partial charge in [-0.15, -0.1) is 6.54 Å². The third-order valence-corrected chi connectivity index (χ3v) is 6.09. The van der Waals surface area contributed by atoms with E-state index in [0.717, 1.165) is 24.5 Å². The zero-order valence-electron chi connectivity index (χ0n) is 13.3. The number of sulfonamides is 1. The Balaban J connectivity index is 1.68. The fraction of sp³-hybridized carbons (Fsp3) is 0.312. The zero-order valence-corrected chi connectivity index (χ0v) is 15.6. The summed E-state index contributed by atoms with van der Waals surface area (Å²) >= 11 is 11.9. The van der Waals surface area contributed by atoms with Gasteiger partial charge in [0.15, 0.2) is 0 Å². The molecule has 9 heteroatoms. The molecule has 25 heavy (non-hydrogen) atoms. The standard InChI is InChI=1S/C16H16Cl2N3O3S/c17-13-2-1-3-14(18)16(13)25(22,23)20-11-12-4-5-15(19-10-12)21-6-8-24-9-7-21/h1-5,10H,6-9,11H2/q-1/p+1. The van der Waals surface area contributed by atoms with Crippen molar-refractivity contribution >= 4 is 39.0 Å². The van der Waals surface area contributed by atoms with Gasteiger partial charge in [-0.05, 0) is 23.8 Å². The average Bonchev–Trinajstić information content (AvgIpc) is 2.61. The van der Waals surface area contributed by atoms with E-state index in [1.807, 2.05) is 12.1 Å². The molecule has 0 radical (unpaired) electrons. The Labute approximate surface area is 156 Å². The van der Waals surface area contributed by atoms with E-state index in [1.165, 1.54) is 12.1 Å². The van der Waals surface area contributed by atoms with Crippen LogP contribution >= 0.6 is 23.2 Å². The highest BCUT2D eigenvalue weighted by Crippen LogP contribution is 2.32. The molecule has 6 nitrogen and oxygen atoms in total. The average molecular weight is 402 g/mol. The first kappa shape index (κ1) is 18.4. The number of aromatic nitrogens is 1. The molecule has 1 fully saturated rings. The first-order valence-electron chi connectivity index (χ1n) is 7.68. The SMILES string of the molecule is O=S(=O)([N-]Cc1ccc(N2CCOCC2)[nH+]c1)c1c(Cl)cccc1Cl. The minimum atomic E-state index is -3.93. The minimum Gasteiger partial charge on any atom is -0.541 e. The summed E-state index contributed by atoms with van der Waals surface area (Å²) in [5, 5.41) is 0.121. The smallest absolute Gasteiger partial charge is 0.274 e. The van der Waals surface area contributed by atoms with E-state index in [4.69, 9.17) is 27.9 Å². The molecule has 1 saturated heterocycles. The van der Waals surface area contributed by atoms with Crippen molar-refractivity contribution < 1.29 is 18.1 Å². The van der Waals surface area contributed by atoms with E-state index in [0.29, 0.717) is 13.2 Å². The van der Waals surface area contributed by atoms with Gasteiger partial charge in [-0.25, -0.2) is 13.4 Å². The number of benzene rings is 1. The summed E-state index contributed by atoms with van der Waals surface area (Å²) in [5.74, 6) is 0.962. The van der Waals surface area contributed by atoms with Crippen molar-refractivity contribution in [1.82, 2.24) is 0 Å². The number of halogens is 2. The van der Waals surface area contributed by atoms with Crippen LogP contribution in [0.1, 0.15) is 5.56 Å². The summed E-state index contributed by atoms with van der Waals surface area (Å²) in [5.41, 5.74) is 0.740. The van der Waals surface area contributed by atoms with Gasteiger partial charge in [-0.1, -0.05) is 29.3 Å². The molecule has 0 aliphatic carbocycles. The fourth-order valence-corrected chi connectivity index (χ4v) is 4.56. The van der Waals surface area contributed by atoms with Crippen molar-refractivity contribution in [2.75, 3.05) is 31.2 Å². The topological polar surface area (TPSA) is 74.9 Å². The van der Waals surface area contributed by atoms with Crippen LogP contribution in [0.25, 0.3) is 4.72 Å². The molecule has 1 N–H and O–H groups in total. The van der Waals surface area contributed by atoms with Crippen molar-refractivity contribution in [1.29, 1.82) is 0 Å². The maximum absolute atomic E-state index is 12.4. The first-order chi connectivity index (χ1) is 12.0. The Morgan fingerprint density at radius 3 is 2.40 bits per heavy atom. The van der Waals surface area contributed by atoms with E-state index >= 15 is 0 Å². The molecular formula is C16H17Cl2N3O3S. The molecule has 1 aromatic carbocycles. The van der Waals surface area contributed by atoms with Crippen molar-refractivity contribution in [2.45, 2.75) is 11.4 Å². The number of H-pyrrole nitrogens is 1. The summed E-state index contributed by atoms with van der Waals surface area (Å²) in [6.45, 7) is 3.03. The van der Waals surface area contributed by atoms with Crippen LogP contribution in [0.4, 0.5) is 5.82 Å². The Morgan fingerprint density at radius 2 is 1.80 bits per heavy atom. The molecular weight excluding hydrogens is 385 g/mol. The second-order valence-electron chi connectivity index (χ2n) is 5.49. The van der Waals surface area contributed by atoms with Crippen LogP contribution in [0.15, 0.2) is 41.4 Å². The maximum atomic E-state index is 12.4. The number of nitrogens with zero attached hydrogens (tertiary/aromatic N) is 2. The minimum absolute atomic E-state index is 0.00375. The molecule has 0 saturated carbocycles. The summed E-state index contributed by atoms with van der Waals surface area (Å²) in [6.07, 6.45) is 1.75. The Kier molecular flexibility index (Phi) is 5.81. The number of rotatable bonds is 5. The number of nitrogens with one attached hydrogen (secondary N) is 1. The van der Waals surface area contributed by atoms with Crippen LogP contribution in [-0.2, 0) is 21.3 Å². The number of pyridine rings is 1. The second kappa shape index (κ2) is 7.88. The molecule has 0 unspecified atom stereocenters. The van der Waals surface area contributed by atoms with E-state index < -0.39 is 10.0 Å². The van der Waals surface area contributed by atoms with Crippen LogP contribution < -0.4 is 9.88 Å². The lowest BCUT2D eigenvalue weighted by Crippen LogP contribution is -2.39. The molecule has 3 rings (SSSR count). The van der Waals surface area contributed by atoms with Gasteiger partial charge in [-0.2, -0.15) is 0 Å². The zero-order chi connectivity index (χ0) is 17.9. The number of aromatic amines is 1. The first-order valence-corrected chi connectivity index (χ1v) is 9.88. The summed E-state index contributed by atoms with van der Waals surface area (Å²) < 4.78 is 33.9. The third kappa shape index (κ3) is 4.43. The molecule has 0 bridgehead atoms. The molecule has 1 aliphatic rings. The molecule has 0 amide bonds. The summed E-state index contributed by atoms with van der Waals surface area (Å²) in [6, 6.07) is 8.28. The number of anilines is 1. The predicted molar refractivity (Wildman–Crippen MR) is 96.7 cm³/mol. The van der Waals surface area contributed by atoms with Crippen LogP contribution in [-0.4, -0.2) is 34.7 Å². The maximum Gasteiger partial charge on any atom is 0.274 e. The largest absolute Gasteiger partial charge is 0.541 e. The lowest BCUT2D eigenvalue weighted by molar-refractivity contribution is -0.365. The van der Waals surface area contributed by atoms with Crippen molar-refractivity contribution in [3.05, 3.63) is 56.9 Å². The van der Waals surface area contributed by atoms with E-state index in [1.54, 1.807) is 12.3 Å². The Bertz CT molecular complexity index is 818. The molecule has 0 spiro atoms. The number of hydrogen-bond acceptors (Lipinski definition) is 4. The highest BCUT2D eigenvalue weighted by Gasteiger charge is 2.18. The van der Waals surface area contributed by atoms with Crippen LogP contribution in [0.5, 0.6) is 0 Å². The van der Waals surface area contributed by atoms with Crippen LogP contribution in [0.2, 0.25) is 10.0 Å². The van der Waals surface area contributed by atoms with Crippen molar-refractivity contribution in [3.63, 3.8) is 0 Å². The van der Waals surface area contributed by atoms with E-state index in [2.05, 4.69) is 14.6 Å². The highest BCUT2D eigenvalue weighted by molar-refractivity contribution is 7.94. The lowest BCUT2D eigenvalue weighted by Gasteiger charge is -2.23. The van der Waals surface area contributed by atoms with E-state index in [-0.39, 0.29) is 21.5 Å². The number of ether oxygens (including phenoxy) is 1. The third-order valence-electron chi connectivity index (χ3n) is 3.81. The van der Waals surface area contributed by atoms with Crippen LogP contribution in [0, 0.1) is 0 Å². The molecule has 1 aliphatic heterocycles. The second-order valence-corrected chi connectivity index (χ2v) is 7.93. The Hall–Kier alpha value is -1.38. The van der Waals surface area contributed by atoms with Gasteiger partial charge in [0.05, 0.1) is 34.4 Å². The van der Waals surface area contributed by atoms with Gasteiger partial charge in [0.25, 0.3) is 5.82 Å². The van der Waals surface area contributed by atoms with Gasteiger partial charge in [0.2, 0.25) is 0 Å². The molecule has 2 heterocycles. The summed E-state index contributed by atoms with van der Waals surface area (Å²) in [4.78, 5) is 5.18. The van der Waals surface area contributed by atoms with E-state index in [9.17, 15) is 8.42 Å². The highest BCUT2D eigenvalue weighted by atomic mass is 35.5.